The van der Waals surface area contributed by atoms with Gasteiger partial charge in [0.2, 0.25) is 15.9 Å². The first-order valence-corrected chi connectivity index (χ1v) is 14.5. The number of benzene rings is 3. The number of aromatic nitrogens is 2. The number of sulfonamides is 1. The molecule has 0 radical (unpaired) electrons. The number of hydrogen-bond acceptors (Lipinski definition) is 6. The Labute approximate surface area is 227 Å². The van der Waals surface area contributed by atoms with Gasteiger partial charge in [0.1, 0.15) is 5.82 Å². The van der Waals surface area contributed by atoms with Gasteiger partial charge in [-0.1, -0.05) is 35.5 Å². The monoisotopic (exact) mass is 572 g/mol. The third-order valence-corrected chi connectivity index (χ3v) is 9.29. The number of hydrogen-bond donors (Lipinski definition) is 0. The number of thioether (sulfide) groups is 1. The molecule has 5 rings (SSSR count). The molecule has 1 amide bonds. The molecule has 1 saturated heterocycles. The summed E-state index contributed by atoms with van der Waals surface area (Å²) in [5.74, 6) is -0.639. The maximum Gasteiger partial charge on any atom is 0.266 e. The Morgan fingerprint density at radius 3 is 2.29 bits per heavy atom. The fraction of sp³-hybridized carbons (Fsp3) is 0.192. The smallest absolute Gasteiger partial charge is 0.266 e. The number of amides is 1. The van der Waals surface area contributed by atoms with Crippen molar-refractivity contribution in [3.8, 4) is 5.69 Å². The van der Waals surface area contributed by atoms with Gasteiger partial charge in [0.05, 0.1) is 27.2 Å². The zero-order valence-electron chi connectivity index (χ0n) is 20.0. The van der Waals surface area contributed by atoms with Crippen molar-refractivity contribution in [1.29, 1.82) is 0 Å². The van der Waals surface area contributed by atoms with Gasteiger partial charge in [-0.25, -0.2) is 17.8 Å². The van der Waals surface area contributed by atoms with Gasteiger partial charge in [0.25, 0.3) is 5.56 Å². The molecule has 1 fully saturated rings. The van der Waals surface area contributed by atoms with E-state index in [1.807, 2.05) is 0 Å². The number of para-hydroxylation sites is 1. The summed E-state index contributed by atoms with van der Waals surface area (Å²) in [6.07, 6.45) is 0. The molecule has 12 heteroatoms. The molecule has 0 bridgehead atoms. The normalized spacial score (nSPS) is 14.6. The highest BCUT2D eigenvalue weighted by Crippen LogP contribution is 2.23. The first-order valence-electron chi connectivity index (χ1n) is 11.7. The summed E-state index contributed by atoms with van der Waals surface area (Å²) >= 11 is 6.97. The van der Waals surface area contributed by atoms with Gasteiger partial charge >= 0.3 is 0 Å². The van der Waals surface area contributed by atoms with Crippen molar-refractivity contribution in [3.05, 3.63) is 94.0 Å². The topological polar surface area (TPSA) is 92.6 Å². The van der Waals surface area contributed by atoms with Gasteiger partial charge in [-0.15, -0.1) is 0 Å². The molecule has 196 valence electrons. The van der Waals surface area contributed by atoms with Crippen molar-refractivity contribution in [3.63, 3.8) is 0 Å². The summed E-state index contributed by atoms with van der Waals surface area (Å²) in [6, 6.07) is 18.4. The third-order valence-electron chi connectivity index (χ3n) is 6.20. The number of piperazine rings is 1. The lowest BCUT2D eigenvalue weighted by Gasteiger charge is -2.34. The number of carbonyl (C=O) groups is 1. The predicted molar refractivity (Wildman–Crippen MR) is 145 cm³/mol. The van der Waals surface area contributed by atoms with Gasteiger partial charge in [-0.3, -0.25) is 14.2 Å². The number of fused-ring (bicyclic) bond motifs is 1. The molecular weight excluding hydrogens is 551 g/mol. The van der Waals surface area contributed by atoms with Crippen LogP contribution in [0.1, 0.15) is 0 Å². The molecule has 1 aliphatic rings. The molecule has 0 aliphatic carbocycles. The maximum absolute atomic E-state index is 13.5. The molecule has 0 saturated carbocycles. The molecule has 38 heavy (non-hydrogen) atoms. The Kier molecular flexibility index (Phi) is 7.53. The summed E-state index contributed by atoms with van der Waals surface area (Å²) < 4.78 is 42.1. The molecule has 2 heterocycles. The van der Waals surface area contributed by atoms with Crippen LogP contribution in [-0.4, -0.2) is 65.0 Å². The van der Waals surface area contributed by atoms with E-state index in [-0.39, 0.29) is 48.3 Å². The number of nitrogens with zero attached hydrogens (tertiary/aromatic N) is 4. The van der Waals surface area contributed by atoms with Crippen LogP contribution in [0.15, 0.2) is 87.6 Å². The highest BCUT2D eigenvalue weighted by atomic mass is 35.5. The molecule has 1 aromatic heterocycles. The van der Waals surface area contributed by atoms with Crippen molar-refractivity contribution < 1.29 is 17.6 Å². The zero-order valence-corrected chi connectivity index (χ0v) is 22.3. The average Bonchev–Trinajstić information content (AvgIpc) is 2.93. The van der Waals surface area contributed by atoms with Crippen molar-refractivity contribution in [1.82, 2.24) is 18.8 Å². The van der Waals surface area contributed by atoms with Crippen molar-refractivity contribution in [2.45, 2.75) is 10.1 Å². The molecule has 0 atom stereocenters. The highest BCUT2D eigenvalue weighted by molar-refractivity contribution is 7.99. The Morgan fingerprint density at radius 2 is 1.61 bits per heavy atom. The molecule has 4 aromatic rings. The lowest BCUT2D eigenvalue weighted by Crippen LogP contribution is -2.51. The van der Waals surface area contributed by atoms with E-state index in [9.17, 15) is 22.4 Å². The van der Waals surface area contributed by atoms with E-state index in [4.69, 9.17) is 11.6 Å². The van der Waals surface area contributed by atoms with E-state index in [0.29, 0.717) is 26.8 Å². The molecule has 3 aromatic carbocycles. The molecule has 8 nitrogen and oxygen atoms in total. The fourth-order valence-corrected chi connectivity index (χ4v) is 6.64. The Morgan fingerprint density at radius 1 is 0.947 bits per heavy atom. The summed E-state index contributed by atoms with van der Waals surface area (Å²) in [4.78, 5) is 32.7. The van der Waals surface area contributed by atoms with E-state index < -0.39 is 15.8 Å². The number of rotatable bonds is 6. The van der Waals surface area contributed by atoms with Crippen LogP contribution in [0.4, 0.5) is 4.39 Å². The van der Waals surface area contributed by atoms with Crippen LogP contribution in [0.25, 0.3) is 16.6 Å². The average molecular weight is 573 g/mol. The zero-order chi connectivity index (χ0) is 26.9. The quantitative estimate of drug-likeness (QED) is 0.258. The lowest BCUT2D eigenvalue weighted by molar-refractivity contribution is -0.129. The van der Waals surface area contributed by atoms with Gasteiger partial charge in [-0.05, 0) is 60.7 Å². The Bertz CT molecular complexity index is 1650. The number of halogens is 2. The van der Waals surface area contributed by atoms with E-state index in [1.54, 1.807) is 29.2 Å². The van der Waals surface area contributed by atoms with Crippen LogP contribution in [0.2, 0.25) is 5.02 Å². The van der Waals surface area contributed by atoms with Crippen molar-refractivity contribution >= 4 is 50.2 Å². The minimum absolute atomic E-state index is 0.00406. The van der Waals surface area contributed by atoms with Crippen LogP contribution >= 0.6 is 23.4 Å². The molecule has 1 aliphatic heterocycles. The summed E-state index contributed by atoms with van der Waals surface area (Å²) in [5.41, 5.74) is 0.607. The Hall–Kier alpha value is -3.25. The van der Waals surface area contributed by atoms with Gasteiger partial charge in [-0.2, -0.15) is 4.31 Å². The van der Waals surface area contributed by atoms with Gasteiger partial charge < -0.3 is 4.90 Å². The second kappa shape index (κ2) is 10.9. The largest absolute Gasteiger partial charge is 0.339 e. The summed E-state index contributed by atoms with van der Waals surface area (Å²) in [6.45, 7) is 0.802. The SMILES string of the molecule is O=C(CSc1nc2ccccc2c(=O)n1-c1ccc(F)cc1)N1CCN(S(=O)(=O)c2ccc(Cl)cc2)CC1. The van der Waals surface area contributed by atoms with Crippen LogP contribution < -0.4 is 5.56 Å². The minimum Gasteiger partial charge on any atom is -0.339 e. The van der Waals surface area contributed by atoms with Crippen LogP contribution in [-0.2, 0) is 14.8 Å². The Balaban J connectivity index is 1.31. The first-order chi connectivity index (χ1) is 18.2. The second-order valence-corrected chi connectivity index (χ2v) is 11.9. The van der Waals surface area contributed by atoms with Crippen LogP contribution in [0.5, 0.6) is 0 Å². The molecule has 0 spiro atoms. The highest BCUT2D eigenvalue weighted by Gasteiger charge is 2.30. The summed E-state index contributed by atoms with van der Waals surface area (Å²) in [7, 11) is -3.69. The summed E-state index contributed by atoms with van der Waals surface area (Å²) in [5, 5.41) is 1.16. The van der Waals surface area contributed by atoms with E-state index >= 15 is 0 Å². The molecule has 0 unspecified atom stereocenters. The molecular formula is C26H22ClFN4O4S2. The molecule has 0 N–H and O–H groups in total. The third kappa shape index (κ3) is 5.32. The lowest BCUT2D eigenvalue weighted by atomic mass is 10.2. The standard InChI is InChI=1S/C26H22ClFN4O4S2/c27-18-5-11-21(12-6-18)38(35,36)31-15-13-30(14-16-31)24(33)17-37-26-29-23-4-2-1-3-22(23)25(34)32(26)20-9-7-19(28)8-10-20/h1-12H,13-17H2. The van der Waals surface area contributed by atoms with Crippen LogP contribution in [0.3, 0.4) is 0 Å². The first kappa shape index (κ1) is 26.4. The van der Waals surface area contributed by atoms with Gasteiger partial charge in [0, 0.05) is 31.2 Å². The van der Waals surface area contributed by atoms with E-state index in [2.05, 4.69) is 4.98 Å². The predicted octanol–water partition coefficient (Wildman–Crippen LogP) is 3.80. The maximum atomic E-state index is 13.5. The van der Waals surface area contributed by atoms with Crippen LogP contribution in [0, 0.1) is 5.82 Å². The fourth-order valence-electron chi connectivity index (χ4n) is 4.18. The van der Waals surface area contributed by atoms with Crippen molar-refractivity contribution in [2.24, 2.45) is 0 Å². The van der Waals surface area contributed by atoms with E-state index in [1.165, 1.54) is 57.4 Å². The number of carbonyl (C=O) groups excluding carboxylic acids is 1. The van der Waals surface area contributed by atoms with Gasteiger partial charge in [0.15, 0.2) is 5.16 Å². The van der Waals surface area contributed by atoms with Crippen molar-refractivity contribution in [2.75, 3.05) is 31.9 Å². The minimum atomic E-state index is -3.69. The second-order valence-electron chi connectivity index (χ2n) is 8.56. The van der Waals surface area contributed by atoms with E-state index in [0.717, 1.165) is 11.8 Å².